The van der Waals surface area contributed by atoms with Crippen LogP contribution in [0.15, 0.2) is 18.3 Å². The fraction of sp³-hybridized carbons (Fsp3) is 0.600. The van der Waals surface area contributed by atoms with Gasteiger partial charge in [-0.1, -0.05) is 6.07 Å². The number of hydrogen-bond acceptors (Lipinski definition) is 6. The maximum absolute atomic E-state index is 11.5. The largest absolute Gasteiger partial charge is 0.465 e. The van der Waals surface area contributed by atoms with Crippen LogP contribution in [0.3, 0.4) is 0 Å². The summed E-state index contributed by atoms with van der Waals surface area (Å²) < 4.78 is 4.99. The van der Waals surface area contributed by atoms with Crippen LogP contribution < -0.4 is 5.73 Å². The lowest BCUT2D eigenvalue weighted by atomic mass is 10.1. The molecule has 1 fully saturated rings. The number of esters is 1. The molecule has 6 heteroatoms. The molecule has 1 atom stereocenters. The summed E-state index contributed by atoms with van der Waals surface area (Å²) in [6.07, 6.45) is 1.84. The molecule has 0 spiro atoms. The van der Waals surface area contributed by atoms with Crippen LogP contribution in [0.4, 0.5) is 5.82 Å². The molecule has 6 nitrogen and oxygen atoms in total. The summed E-state index contributed by atoms with van der Waals surface area (Å²) in [7, 11) is 0. The van der Waals surface area contributed by atoms with E-state index in [9.17, 15) is 4.79 Å². The summed E-state index contributed by atoms with van der Waals surface area (Å²) in [5.41, 5.74) is 6.79. The average Bonchev–Trinajstić information content (AvgIpc) is 2.48. The summed E-state index contributed by atoms with van der Waals surface area (Å²) in [6.45, 7) is 8.47. The molecule has 21 heavy (non-hydrogen) atoms. The van der Waals surface area contributed by atoms with Crippen molar-refractivity contribution in [2.24, 2.45) is 0 Å². The summed E-state index contributed by atoms with van der Waals surface area (Å²) >= 11 is 0. The Hall–Kier alpha value is -1.66. The topological polar surface area (TPSA) is 71.7 Å². The van der Waals surface area contributed by atoms with Crippen LogP contribution in [-0.4, -0.2) is 60.1 Å². The number of anilines is 1. The first-order chi connectivity index (χ1) is 10.1. The minimum atomic E-state index is -0.137. The monoisotopic (exact) mass is 292 g/mol. The van der Waals surface area contributed by atoms with Gasteiger partial charge in [-0.3, -0.25) is 14.6 Å². The number of ether oxygens (including phenoxy) is 1. The molecule has 2 heterocycles. The van der Waals surface area contributed by atoms with Gasteiger partial charge in [0.1, 0.15) is 5.82 Å². The smallest absolute Gasteiger partial charge is 0.320 e. The van der Waals surface area contributed by atoms with E-state index in [1.807, 2.05) is 25.3 Å². The van der Waals surface area contributed by atoms with Gasteiger partial charge in [0.25, 0.3) is 0 Å². The second-order valence-electron chi connectivity index (χ2n) is 5.31. The third-order valence-corrected chi connectivity index (χ3v) is 3.90. The van der Waals surface area contributed by atoms with Gasteiger partial charge in [0.2, 0.25) is 0 Å². The van der Waals surface area contributed by atoms with Crippen molar-refractivity contribution in [1.29, 1.82) is 0 Å². The van der Waals surface area contributed by atoms with Gasteiger partial charge in [-0.15, -0.1) is 0 Å². The summed E-state index contributed by atoms with van der Waals surface area (Å²) in [6, 6.07) is 4.17. The number of nitrogen functional groups attached to an aromatic ring is 1. The third-order valence-electron chi connectivity index (χ3n) is 3.90. The molecule has 1 aromatic heterocycles. The van der Waals surface area contributed by atoms with E-state index in [0.29, 0.717) is 25.0 Å². The van der Waals surface area contributed by atoms with E-state index in [2.05, 4.69) is 21.7 Å². The van der Waals surface area contributed by atoms with Gasteiger partial charge in [0.15, 0.2) is 0 Å². The summed E-state index contributed by atoms with van der Waals surface area (Å²) in [5.74, 6) is 0.409. The van der Waals surface area contributed by atoms with Crippen LogP contribution in [0.5, 0.6) is 0 Å². The molecule has 0 aromatic carbocycles. The molecule has 2 N–H and O–H groups in total. The van der Waals surface area contributed by atoms with Gasteiger partial charge >= 0.3 is 5.97 Å². The first-order valence-corrected chi connectivity index (χ1v) is 7.43. The summed E-state index contributed by atoms with van der Waals surface area (Å²) in [4.78, 5) is 20.2. The highest BCUT2D eigenvalue weighted by Crippen LogP contribution is 2.21. The van der Waals surface area contributed by atoms with E-state index >= 15 is 0 Å². The number of hydrogen-bond donors (Lipinski definition) is 1. The van der Waals surface area contributed by atoms with Crippen LogP contribution in [-0.2, 0) is 9.53 Å². The average molecular weight is 292 g/mol. The number of carbonyl (C=O) groups excluding carboxylic acids is 1. The van der Waals surface area contributed by atoms with E-state index in [-0.39, 0.29) is 5.97 Å². The molecular weight excluding hydrogens is 268 g/mol. The number of nitrogens with two attached hydrogens (primary N) is 1. The zero-order valence-electron chi connectivity index (χ0n) is 12.8. The standard InChI is InChI=1S/C15H24N4O2/c1-3-21-15(20)11-18-6-8-19(9-7-18)12(2)13-4-5-14(16)17-10-13/h4-5,10,12H,3,6-9,11H2,1-2H3,(H2,16,17). The molecule has 0 aliphatic carbocycles. The molecule has 1 aromatic rings. The highest BCUT2D eigenvalue weighted by molar-refractivity contribution is 5.71. The molecule has 1 unspecified atom stereocenters. The van der Waals surface area contributed by atoms with Crippen LogP contribution in [0.25, 0.3) is 0 Å². The lowest BCUT2D eigenvalue weighted by Crippen LogP contribution is -2.48. The Balaban J connectivity index is 1.83. The second-order valence-corrected chi connectivity index (χ2v) is 5.31. The minimum Gasteiger partial charge on any atom is -0.465 e. The molecule has 0 radical (unpaired) electrons. The molecule has 2 rings (SSSR count). The lowest BCUT2D eigenvalue weighted by Gasteiger charge is -2.37. The Labute approximate surface area is 125 Å². The van der Waals surface area contributed by atoms with Crippen molar-refractivity contribution in [3.63, 3.8) is 0 Å². The van der Waals surface area contributed by atoms with Crippen molar-refractivity contribution in [3.8, 4) is 0 Å². The van der Waals surface area contributed by atoms with E-state index in [4.69, 9.17) is 10.5 Å². The number of aromatic nitrogens is 1. The highest BCUT2D eigenvalue weighted by Gasteiger charge is 2.23. The lowest BCUT2D eigenvalue weighted by molar-refractivity contribution is -0.144. The normalized spacial score (nSPS) is 18.4. The molecule has 1 saturated heterocycles. The Kier molecular flexibility index (Phi) is 5.52. The Morgan fingerprint density at radius 3 is 2.67 bits per heavy atom. The first kappa shape index (κ1) is 15.7. The number of nitrogens with zero attached hydrogens (tertiary/aromatic N) is 3. The Morgan fingerprint density at radius 1 is 1.38 bits per heavy atom. The fourth-order valence-corrected chi connectivity index (χ4v) is 2.57. The highest BCUT2D eigenvalue weighted by atomic mass is 16.5. The fourth-order valence-electron chi connectivity index (χ4n) is 2.57. The molecule has 0 amide bonds. The quantitative estimate of drug-likeness (QED) is 0.813. The second kappa shape index (κ2) is 7.38. The zero-order chi connectivity index (χ0) is 15.2. The number of piperazine rings is 1. The maximum atomic E-state index is 11.5. The van der Waals surface area contributed by atoms with Crippen molar-refractivity contribution in [1.82, 2.24) is 14.8 Å². The Bertz CT molecular complexity index is 455. The maximum Gasteiger partial charge on any atom is 0.320 e. The van der Waals surface area contributed by atoms with Crippen LogP contribution >= 0.6 is 0 Å². The van der Waals surface area contributed by atoms with E-state index < -0.39 is 0 Å². The van der Waals surface area contributed by atoms with Gasteiger partial charge in [-0.05, 0) is 25.5 Å². The third kappa shape index (κ3) is 4.41. The van der Waals surface area contributed by atoms with Crippen LogP contribution in [0.2, 0.25) is 0 Å². The molecule has 1 aliphatic rings. The number of carbonyl (C=O) groups is 1. The molecule has 0 bridgehead atoms. The van der Waals surface area contributed by atoms with E-state index in [0.717, 1.165) is 26.2 Å². The number of pyridine rings is 1. The van der Waals surface area contributed by atoms with Gasteiger partial charge in [-0.25, -0.2) is 4.98 Å². The van der Waals surface area contributed by atoms with E-state index in [1.165, 1.54) is 5.56 Å². The Morgan fingerprint density at radius 2 is 2.10 bits per heavy atom. The van der Waals surface area contributed by atoms with Gasteiger partial charge in [-0.2, -0.15) is 0 Å². The van der Waals surface area contributed by atoms with Gasteiger partial charge in [0, 0.05) is 38.4 Å². The van der Waals surface area contributed by atoms with E-state index in [1.54, 1.807) is 0 Å². The van der Waals surface area contributed by atoms with Crippen molar-refractivity contribution in [3.05, 3.63) is 23.9 Å². The van der Waals surface area contributed by atoms with Crippen molar-refractivity contribution >= 4 is 11.8 Å². The van der Waals surface area contributed by atoms with Crippen molar-refractivity contribution < 1.29 is 9.53 Å². The number of rotatable bonds is 5. The van der Waals surface area contributed by atoms with Crippen LogP contribution in [0, 0.1) is 0 Å². The van der Waals surface area contributed by atoms with Crippen LogP contribution in [0.1, 0.15) is 25.5 Å². The summed E-state index contributed by atoms with van der Waals surface area (Å²) in [5, 5.41) is 0. The predicted octanol–water partition coefficient (Wildman–Crippen LogP) is 0.905. The molecule has 0 saturated carbocycles. The predicted molar refractivity (Wildman–Crippen MR) is 81.7 cm³/mol. The van der Waals surface area contributed by atoms with Gasteiger partial charge < -0.3 is 10.5 Å². The zero-order valence-corrected chi connectivity index (χ0v) is 12.8. The molecule has 1 aliphatic heterocycles. The van der Waals surface area contributed by atoms with Crippen molar-refractivity contribution in [2.75, 3.05) is 45.1 Å². The van der Waals surface area contributed by atoms with Crippen molar-refractivity contribution in [2.45, 2.75) is 19.9 Å². The minimum absolute atomic E-state index is 0.137. The van der Waals surface area contributed by atoms with Gasteiger partial charge in [0.05, 0.1) is 13.2 Å². The SMILES string of the molecule is CCOC(=O)CN1CCN(C(C)c2ccc(N)nc2)CC1. The first-order valence-electron chi connectivity index (χ1n) is 7.43. The molecular formula is C15H24N4O2. The molecule has 116 valence electrons.